The van der Waals surface area contributed by atoms with Gasteiger partial charge >= 0.3 is 0 Å². The normalized spacial score (nSPS) is 10.5. The van der Waals surface area contributed by atoms with Crippen molar-refractivity contribution in [1.29, 1.82) is 0 Å². The second-order valence-corrected chi connectivity index (χ2v) is 3.71. The summed E-state index contributed by atoms with van der Waals surface area (Å²) < 4.78 is 0. The van der Waals surface area contributed by atoms with Crippen LogP contribution in [0.4, 0.5) is 0 Å². The van der Waals surface area contributed by atoms with Crippen LogP contribution in [0.3, 0.4) is 0 Å². The van der Waals surface area contributed by atoms with Gasteiger partial charge in [0, 0.05) is 18.3 Å². The number of nitrogens with two attached hydrogens (primary N) is 1. The van der Waals surface area contributed by atoms with Crippen molar-refractivity contribution in [2.75, 3.05) is 0 Å². The molecular formula is C11H16N2O. The molecule has 0 saturated heterocycles. The molecule has 3 nitrogen and oxygen atoms in total. The third kappa shape index (κ3) is 3.17. The van der Waals surface area contributed by atoms with Gasteiger partial charge in [-0.05, 0) is 30.0 Å². The van der Waals surface area contributed by atoms with Gasteiger partial charge in [0.05, 0.1) is 0 Å². The molecule has 14 heavy (non-hydrogen) atoms. The number of carbonyl (C=O) groups is 1. The van der Waals surface area contributed by atoms with E-state index >= 15 is 0 Å². The molecule has 76 valence electrons. The largest absolute Gasteiger partial charge is 0.370 e. The van der Waals surface area contributed by atoms with Crippen molar-refractivity contribution in [1.82, 2.24) is 4.98 Å². The van der Waals surface area contributed by atoms with Crippen LogP contribution in [0.5, 0.6) is 0 Å². The lowest BCUT2D eigenvalue weighted by molar-refractivity contribution is -0.117. The summed E-state index contributed by atoms with van der Waals surface area (Å²) in [6.07, 6.45) is 2.89. The van der Waals surface area contributed by atoms with E-state index < -0.39 is 0 Å². The molecule has 1 rings (SSSR count). The van der Waals surface area contributed by atoms with Crippen LogP contribution >= 0.6 is 0 Å². The third-order valence-corrected chi connectivity index (χ3v) is 2.10. The lowest BCUT2D eigenvalue weighted by atomic mass is 10.0. The smallest absolute Gasteiger partial charge is 0.217 e. The van der Waals surface area contributed by atoms with Gasteiger partial charge in [-0.25, -0.2) is 0 Å². The van der Waals surface area contributed by atoms with E-state index in [4.69, 9.17) is 5.73 Å². The number of aryl methyl sites for hydroxylation is 1. The van der Waals surface area contributed by atoms with Gasteiger partial charge in [0.25, 0.3) is 0 Å². The average molecular weight is 192 g/mol. The molecule has 0 aliphatic heterocycles. The molecule has 0 atom stereocenters. The zero-order chi connectivity index (χ0) is 10.6. The number of hydrogen-bond donors (Lipinski definition) is 1. The van der Waals surface area contributed by atoms with Gasteiger partial charge in [0.15, 0.2) is 0 Å². The van der Waals surface area contributed by atoms with Gasteiger partial charge in [0.1, 0.15) is 0 Å². The van der Waals surface area contributed by atoms with Crippen molar-refractivity contribution in [3.8, 4) is 0 Å². The highest BCUT2D eigenvalue weighted by Gasteiger charge is 2.02. The maximum atomic E-state index is 10.6. The fraction of sp³-hybridized carbons (Fsp3) is 0.455. The summed E-state index contributed by atoms with van der Waals surface area (Å²) in [5, 5.41) is 0. The molecule has 1 aromatic heterocycles. The molecule has 1 aromatic rings. The predicted octanol–water partition coefficient (Wildman–Crippen LogP) is 1.62. The van der Waals surface area contributed by atoms with Crippen LogP contribution in [-0.4, -0.2) is 10.9 Å². The highest BCUT2D eigenvalue weighted by molar-refractivity contribution is 5.73. The van der Waals surface area contributed by atoms with Gasteiger partial charge in [-0.15, -0.1) is 0 Å². The Hall–Kier alpha value is -1.38. The second-order valence-electron chi connectivity index (χ2n) is 3.71. The number of nitrogens with zero attached hydrogens (tertiary/aromatic N) is 1. The van der Waals surface area contributed by atoms with Crippen molar-refractivity contribution in [2.45, 2.75) is 32.6 Å². The summed E-state index contributed by atoms with van der Waals surface area (Å²) in [6.45, 7) is 4.19. The van der Waals surface area contributed by atoms with E-state index in [9.17, 15) is 4.79 Å². The molecule has 0 spiro atoms. The van der Waals surface area contributed by atoms with E-state index in [-0.39, 0.29) is 5.91 Å². The summed E-state index contributed by atoms with van der Waals surface area (Å²) in [4.78, 5) is 14.8. The Kier molecular flexibility index (Phi) is 3.63. The zero-order valence-electron chi connectivity index (χ0n) is 8.66. The van der Waals surface area contributed by atoms with E-state index in [0.717, 1.165) is 11.3 Å². The number of pyridine rings is 1. The van der Waals surface area contributed by atoms with Crippen LogP contribution in [-0.2, 0) is 11.2 Å². The lowest BCUT2D eigenvalue weighted by Gasteiger charge is -2.05. The minimum atomic E-state index is -0.257. The van der Waals surface area contributed by atoms with Crippen LogP contribution in [0.2, 0.25) is 0 Å². The molecular weight excluding hydrogens is 176 g/mol. The van der Waals surface area contributed by atoms with Gasteiger partial charge in [-0.1, -0.05) is 13.8 Å². The van der Waals surface area contributed by atoms with Crippen LogP contribution in [0, 0.1) is 0 Å². The first-order valence-corrected chi connectivity index (χ1v) is 4.82. The quantitative estimate of drug-likeness (QED) is 0.788. The maximum Gasteiger partial charge on any atom is 0.217 e. The molecule has 1 heterocycles. The fourth-order valence-electron chi connectivity index (χ4n) is 1.23. The summed E-state index contributed by atoms with van der Waals surface area (Å²) in [5.74, 6) is 0.163. The standard InChI is InChI=1S/C11H16N2O/c1-8(2)10-7-9(5-6-13-10)3-4-11(12)14/h5-8H,3-4H2,1-2H3,(H2,12,14). The Labute approximate surface area is 84.3 Å². The number of aromatic nitrogens is 1. The Morgan fingerprint density at radius 1 is 1.57 bits per heavy atom. The number of amides is 1. The number of primary amides is 1. The summed E-state index contributed by atoms with van der Waals surface area (Å²) in [7, 11) is 0. The van der Waals surface area contributed by atoms with E-state index in [2.05, 4.69) is 18.8 Å². The maximum absolute atomic E-state index is 10.6. The Morgan fingerprint density at radius 2 is 2.29 bits per heavy atom. The van der Waals surface area contributed by atoms with Crippen LogP contribution in [0.25, 0.3) is 0 Å². The van der Waals surface area contributed by atoms with Gasteiger partial charge < -0.3 is 5.73 Å². The van der Waals surface area contributed by atoms with E-state index in [1.807, 2.05) is 12.1 Å². The van der Waals surface area contributed by atoms with E-state index in [1.165, 1.54) is 0 Å². The summed E-state index contributed by atoms with van der Waals surface area (Å²) in [6, 6.07) is 3.96. The molecule has 0 aliphatic carbocycles. The minimum absolute atomic E-state index is 0.257. The van der Waals surface area contributed by atoms with Gasteiger partial charge in [-0.3, -0.25) is 9.78 Å². The first-order valence-electron chi connectivity index (χ1n) is 4.82. The molecule has 2 N–H and O–H groups in total. The monoisotopic (exact) mass is 192 g/mol. The Balaban J connectivity index is 2.68. The van der Waals surface area contributed by atoms with Gasteiger partial charge in [-0.2, -0.15) is 0 Å². The molecule has 0 radical (unpaired) electrons. The zero-order valence-corrected chi connectivity index (χ0v) is 8.66. The molecule has 1 amide bonds. The third-order valence-electron chi connectivity index (χ3n) is 2.10. The average Bonchev–Trinajstić information content (AvgIpc) is 2.15. The van der Waals surface area contributed by atoms with Crippen molar-refractivity contribution in [3.05, 3.63) is 29.6 Å². The highest BCUT2D eigenvalue weighted by Crippen LogP contribution is 2.13. The first kappa shape index (κ1) is 10.7. The van der Waals surface area contributed by atoms with Crippen molar-refractivity contribution in [3.63, 3.8) is 0 Å². The molecule has 0 fully saturated rings. The number of hydrogen-bond acceptors (Lipinski definition) is 2. The van der Waals surface area contributed by atoms with Gasteiger partial charge in [0.2, 0.25) is 5.91 Å². The fourth-order valence-corrected chi connectivity index (χ4v) is 1.23. The Morgan fingerprint density at radius 3 is 2.86 bits per heavy atom. The molecule has 0 saturated carbocycles. The van der Waals surface area contributed by atoms with Crippen LogP contribution in [0.1, 0.15) is 37.4 Å². The summed E-state index contributed by atoms with van der Waals surface area (Å²) >= 11 is 0. The highest BCUT2D eigenvalue weighted by atomic mass is 16.1. The van der Waals surface area contributed by atoms with Crippen molar-refractivity contribution < 1.29 is 4.79 Å². The van der Waals surface area contributed by atoms with Crippen LogP contribution < -0.4 is 5.73 Å². The molecule has 3 heteroatoms. The molecule has 0 bridgehead atoms. The molecule has 0 aliphatic rings. The Bertz CT molecular complexity index is 321. The van der Waals surface area contributed by atoms with E-state index in [1.54, 1.807) is 6.20 Å². The first-order chi connectivity index (χ1) is 6.59. The van der Waals surface area contributed by atoms with Crippen LogP contribution in [0.15, 0.2) is 18.3 Å². The van der Waals surface area contributed by atoms with Crippen molar-refractivity contribution in [2.24, 2.45) is 5.73 Å². The molecule has 0 aromatic carbocycles. The van der Waals surface area contributed by atoms with Crippen molar-refractivity contribution >= 4 is 5.91 Å². The lowest BCUT2D eigenvalue weighted by Crippen LogP contribution is -2.11. The predicted molar refractivity (Wildman–Crippen MR) is 55.8 cm³/mol. The minimum Gasteiger partial charge on any atom is -0.370 e. The van der Waals surface area contributed by atoms with E-state index in [0.29, 0.717) is 18.8 Å². The second kappa shape index (κ2) is 4.74. The molecule has 0 unspecified atom stereocenters. The topological polar surface area (TPSA) is 56.0 Å². The summed E-state index contributed by atoms with van der Waals surface area (Å²) in [5.41, 5.74) is 7.27. The number of carbonyl (C=O) groups excluding carboxylic acids is 1. The number of rotatable bonds is 4. The SMILES string of the molecule is CC(C)c1cc(CCC(N)=O)ccn1.